The van der Waals surface area contributed by atoms with Crippen molar-refractivity contribution >= 4 is 17.8 Å². The standard InChI is InChI=1S/C11H15NO4/c1-6(2)9(13)12(8(5)11(15)16)10(14)7(3)4/h8H,1,3H2,2,4-5H3,(H,15,16)/t8-/m0/s1. The van der Waals surface area contributed by atoms with E-state index >= 15 is 0 Å². The maximum absolute atomic E-state index is 11.6. The lowest BCUT2D eigenvalue weighted by Gasteiger charge is -2.24. The maximum atomic E-state index is 11.6. The lowest BCUT2D eigenvalue weighted by atomic mass is 10.2. The average molecular weight is 225 g/mol. The number of carbonyl (C=O) groups is 3. The maximum Gasteiger partial charge on any atom is 0.326 e. The summed E-state index contributed by atoms with van der Waals surface area (Å²) in [7, 11) is 0. The fourth-order valence-electron chi connectivity index (χ4n) is 0.966. The smallest absolute Gasteiger partial charge is 0.326 e. The summed E-state index contributed by atoms with van der Waals surface area (Å²) in [6.07, 6.45) is 0. The van der Waals surface area contributed by atoms with Gasteiger partial charge < -0.3 is 5.11 Å². The molecule has 0 aromatic heterocycles. The molecule has 0 heterocycles. The van der Waals surface area contributed by atoms with E-state index in [2.05, 4.69) is 13.2 Å². The Bertz CT molecular complexity index is 344. The van der Waals surface area contributed by atoms with Gasteiger partial charge in [-0.15, -0.1) is 0 Å². The summed E-state index contributed by atoms with van der Waals surface area (Å²) in [5.41, 5.74) is 0.199. The van der Waals surface area contributed by atoms with Crippen LogP contribution in [-0.2, 0) is 14.4 Å². The third-order valence-corrected chi connectivity index (χ3v) is 1.91. The molecule has 1 N–H and O–H groups in total. The monoisotopic (exact) mass is 225 g/mol. The number of rotatable bonds is 4. The van der Waals surface area contributed by atoms with Crippen molar-refractivity contribution in [2.45, 2.75) is 26.8 Å². The van der Waals surface area contributed by atoms with E-state index in [1.807, 2.05) is 0 Å². The number of hydrogen-bond acceptors (Lipinski definition) is 3. The minimum Gasteiger partial charge on any atom is -0.480 e. The van der Waals surface area contributed by atoms with Gasteiger partial charge in [0.1, 0.15) is 6.04 Å². The van der Waals surface area contributed by atoms with Crippen LogP contribution < -0.4 is 0 Å². The second-order valence-electron chi connectivity index (χ2n) is 3.56. The quantitative estimate of drug-likeness (QED) is 0.723. The van der Waals surface area contributed by atoms with Crippen LogP contribution in [0, 0.1) is 0 Å². The van der Waals surface area contributed by atoms with Gasteiger partial charge in [0, 0.05) is 11.1 Å². The van der Waals surface area contributed by atoms with Gasteiger partial charge in [0.05, 0.1) is 0 Å². The highest BCUT2D eigenvalue weighted by molar-refractivity contribution is 6.10. The Labute approximate surface area is 94.0 Å². The molecule has 88 valence electrons. The number of aliphatic carboxylic acids is 1. The highest BCUT2D eigenvalue weighted by Gasteiger charge is 2.31. The Hall–Kier alpha value is -1.91. The van der Waals surface area contributed by atoms with E-state index in [0.717, 1.165) is 0 Å². The van der Waals surface area contributed by atoms with Crippen molar-refractivity contribution in [1.82, 2.24) is 4.90 Å². The van der Waals surface area contributed by atoms with Crippen molar-refractivity contribution in [2.24, 2.45) is 0 Å². The molecule has 0 aromatic rings. The Morgan fingerprint density at radius 2 is 1.38 bits per heavy atom. The minimum atomic E-state index is -1.26. The van der Waals surface area contributed by atoms with E-state index in [4.69, 9.17) is 5.11 Å². The molecule has 16 heavy (non-hydrogen) atoms. The molecule has 2 amide bonds. The second kappa shape index (κ2) is 5.25. The molecule has 0 bridgehead atoms. The first kappa shape index (κ1) is 14.1. The summed E-state index contributed by atoms with van der Waals surface area (Å²) in [5, 5.41) is 8.81. The number of imide groups is 1. The molecule has 0 saturated carbocycles. The Balaban J connectivity index is 5.29. The van der Waals surface area contributed by atoms with Crippen LogP contribution in [0.15, 0.2) is 24.3 Å². The van der Waals surface area contributed by atoms with Crippen molar-refractivity contribution < 1.29 is 19.5 Å². The largest absolute Gasteiger partial charge is 0.480 e. The van der Waals surface area contributed by atoms with Gasteiger partial charge in [0.2, 0.25) is 0 Å². The fourth-order valence-corrected chi connectivity index (χ4v) is 0.966. The van der Waals surface area contributed by atoms with E-state index < -0.39 is 23.8 Å². The van der Waals surface area contributed by atoms with Gasteiger partial charge in [-0.2, -0.15) is 0 Å². The van der Waals surface area contributed by atoms with E-state index in [1.54, 1.807) is 0 Å². The van der Waals surface area contributed by atoms with Crippen LogP contribution in [0.4, 0.5) is 0 Å². The first-order chi connectivity index (χ1) is 7.20. The number of amides is 2. The first-order valence-corrected chi connectivity index (χ1v) is 4.61. The Kier molecular flexibility index (Phi) is 4.62. The zero-order valence-electron chi connectivity index (χ0n) is 9.61. The van der Waals surface area contributed by atoms with Crippen molar-refractivity contribution in [3.63, 3.8) is 0 Å². The molecule has 0 spiro atoms. The molecule has 0 saturated heterocycles. The minimum absolute atomic E-state index is 0.0997. The molecule has 0 unspecified atom stereocenters. The van der Waals surface area contributed by atoms with Gasteiger partial charge >= 0.3 is 5.97 Å². The summed E-state index contributed by atoms with van der Waals surface area (Å²) in [6.45, 7) is 10.9. The number of carboxylic acids is 1. The van der Waals surface area contributed by atoms with Crippen molar-refractivity contribution in [1.29, 1.82) is 0 Å². The van der Waals surface area contributed by atoms with Crippen LogP contribution in [0.25, 0.3) is 0 Å². The van der Waals surface area contributed by atoms with Gasteiger partial charge in [-0.3, -0.25) is 14.5 Å². The van der Waals surface area contributed by atoms with Crippen LogP contribution in [0.3, 0.4) is 0 Å². The third kappa shape index (κ3) is 3.05. The van der Waals surface area contributed by atoms with Crippen LogP contribution in [0.5, 0.6) is 0 Å². The summed E-state index contributed by atoms with van der Waals surface area (Å²) >= 11 is 0. The molecule has 0 radical (unpaired) electrons. The average Bonchev–Trinajstić information content (AvgIpc) is 2.16. The van der Waals surface area contributed by atoms with E-state index in [1.165, 1.54) is 20.8 Å². The van der Waals surface area contributed by atoms with E-state index in [0.29, 0.717) is 4.90 Å². The van der Waals surface area contributed by atoms with Crippen LogP contribution in [0.2, 0.25) is 0 Å². The van der Waals surface area contributed by atoms with Crippen LogP contribution in [0.1, 0.15) is 20.8 Å². The molecule has 5 heteroatoms. The summed E-state index contributed by atoms with van der Waals surface area (Å²) in [4.78, 5) is 34.7. The molecule has 1 atom stereocenters. The number of nitrogens with zero attached hydrogens (tertiary/aromatic N) is 1. The third-order valence-electron chi connectivity index (χ3n) is 1.91. The van der Waals surface area contributed by atoms with Gasteiger partial charge in [-0.1, -0.05) is 13.2 Å². The number of carboxylic acid groups (broad SMARTS) is 1. The normalized spacial score (nSPS) is 11.4. The predicted molar refractivity (Wildman–Crippen MR) is 58.6 cm³/mol. The summed E-state index contributed by atoms with van der Waals surface area (Å²) in [5.74, 6) is -2.67. The zero-order chi connectivity index (χ0) is 13.0. The van der Waals surface area contributed by atoms with E-state index in [-0.39, 0.29) is 11.1 Å². The van der Waals surface area contributed by atoms with E-state index in [9.17, 15) is 14.4 Å². The molecular formula is C11H15NO4. The fraction of sp³-hybridized carbons (Fsp3) is 0.364. The first-order valence-electron chi connectivity index (χ1n) is 4.61. The topological polar surface area (TPSA) is 74.7 Å². The van der Waals surface area contributed by atoms with Gasteiger partial charge in [-0.25, -0.2) is 4.79 Å². The van der Waals surface area contributed by atoms with Crippen molar-refractivity contribution in [3.8, 4) is 0 Å². The summed E-state index contributed by atoms with van der Waals surface area (Å²) in [6, 6.07) is -1.24. The van der Waals surface area contributed by atoms with Crippen molar-refractivity contribution in [2.75, 3.05) is 0 Å². The SMILES string of the molecule is C=C(C)C(=O)N(C(=O)C(=C)C)[C@@H](C)C(=O)O. The molecule has 0 aliphatic heterocycles. The lowest BCUT2D eigenvalue weighted by molar-refractivity contribution is -0.154. The van der Waals surface area contributed by atoms with Crippen LogP contribution >= 0.6 is 0 Å². The molecule has 0 aliphatic rings. The predicted octanol–water partition coefficient (Wildman–Crippen LogP) is 0.967. The zero-order valence-corrected chi connectivity index (χ0v) is 9.61. The molecule has 0 rings (SSSR count). The lowest BCUT2D eigenvalue weighted by Crippen LogP contribution is -2.47. The number of carbonyl (C=O) groups excluding carboxylic acids is 2. The molecule has 5 nitrogen and oxygen atoms in total. The molecular weight excluding hydrogens is 210 g/mol. The second-order valence-corrected chi connectivity index (χ2v) is 3.56. The van der Waals surface area contributed by atoms with Gasteiger partial charge in [0.25, 0.3) is 11.8 Å². The molecule has 0 fully saturated rings. The van der Waals surface area contributed by atoms with Crippen molar-refractivity contribution in [3.05, 3.63) is 24.3 Å². The molecule has 0 aliphatic carbocycles. The summed E-state index contributed by atoms with van der Waals surface area (Å²) < 4.78 is 0. The molecule has 0 aromatic carbocycles. The highest BCUT2D eigenvalue weighted by Crippen LogP contribution is 2.09. The van der Waals surface area contributed by atoms with Gasteiger partial charge in [-0.05, 0) is 20.8 Å². The highest BCUT2D eigenvalue weighted by atomic mass is 16.4. The Morgan fingerprint density at radius 3 is 1.56 bits per heavy atom. The number of hydrogen-bond donors (Lipinski definition) is 1. The van der Waals surface area contributed by atoms with Gasteiger partial charge in [0.15, 0.2) is 0 Å². The Morgan fingerprint density at radius 1 is 1.06 bits per heavy atom. The van der Waals surface area contributed by atoms with Crippen LogP contribution in [-0.4, -0.2) is 33.8 Å².